The average molecular weight is 380 g/mol. The van der Waals surface area contributed by atoms with Crippen LogP contribution in [0.3, 0.4) is 0 Å². The van der Waals surface area contributed by atoms with Gasteiger partial charge in [0.15, 0.2) is 17.8 Å². The van der Waals surface area contributed by atoms with Crippen molar-refractivity contribution >= 4 is 38.1 Å². The number of ether oxygens (including phenoxy) is 2. The minimum atomic E-state index is 0.524. The van der Waals surface area contributed by atoms with Gasteiger partial charge in [0.1, 0.15) is 0 Å². The van der Waals surface area contributed by atoms with E-state index in [0.29, 0.717) is 39.2 Å². The molecule has 0 aliphatic rings. The minimum absolute atomic E-state index is 0.524. The molecule has 0 saturated heterocycles. The summed E-state index contributed by atoms with van der Waals surface area (Å²) in [7, 11) is 0. The maximum Gasteiger partial charge on any atom is 0.176 e. The van der Waals surface area contributed by atoms with E-state index in [1.54, 1.807) is 6.07 Å². The highest BCUT2D eigenvalue weighted by Crippen LogP contribution is 2.42. The standard InChI is InChI=1S/C13H16Br2O3/c1-3-5-6-18-13-10(17-4-2)7-9(8-16)11(14)12(13)15/h7-8H,3-6H2,1-2H3. The third-order valence-corrected chi connectivity index (χ3v) is 4.47. The second kappa shape index (κ2) is 7.79. The Labute approximate surface area is 124 Å². The third kappa shape index (κ3) is 3.72. The van der Waals surface area contributed by atoms with Crippen molar-refractivity contribution < 1.29 is 14.3 Å². The van der Waals surface area contributed by atoms with Gasteiger partial charge in [-0.25, -0.2) is 0 Å². The average Bonchev–Trinajstić information content (AvgIpc) is 2.37. The monoisotopic (exact) mass is 378 g/mol. The molecule has 0 bridgehead atoms. The van der Waals surface area contributed by atoms with Crippen molar-refractivity contribution in [1.82, 2.24) is 0 Å². The highest BCUT2D eigenvalue weighted by atomic mass is 79.9. The summed E-state index contributed by atoms with van der Waals surface area (Å²) in [4.78, 5) is 11.0. The van der Waals surface area contributed by atoms with E-state index in [1.165, 1.54) is 0 Å². The number of hydrogen-bond donors (Lipinski definition) is 0. The Morgan fingerprint density at radius 3 is 2.50 bits per heavy atom. The van der Waals surface area contributed by atoms with Gasteiger partial charge in [0.2, 0.25) is 0 Å². The van der Waals surface area contributed by atoms with Gasteiger partial charge in [-0.3, -0.25) is 4.79 Å². The number of hydrogen-bond acceptors (Lipinski definition) is 3. The molecule has 0 aliphatic heterocycles. The number of benzene rings is 1. The van der Waals surface area contributed by atoms with Crippen LogP contribution in [0, 0.1) is 0 Å². The predicted octanol–water partition coefficient (Wildman–Crippen LogP) is 4.60. The first-order valence-corrected chi connectivity index (χ1v) is 7.47. The van der Waals surface area contributed by atoms with E-state index in [2.05, 4.69) is 38.8 Å². The zero-order valence-corrected chi connectivity index (χ0v) is 13.6. The molecule has 0 unspecified atom stereocenters. The lowest BCUT2D eigenvalue weighted by Crippen LogP contribution is -2.03. The summed E-state index contributed by atoms with van der Waals surface area (Å²) in [6.07, 6.45) is 2.83. The maximum absolute atomic E-state index is 11.0. The molecular formula is C13H16Br2O3. The van der Waals surface area contributed by atoms with Crippen molar-refractivity contribution in [3.8, 4) is 11.5 Å². The van der Waals surface area contributed by atoms with E-state index in [0.717, 1.165) is 19.1 Å². The third-order valence-electron chi connectivity index (χ3n) is 2.33. The van der Waals surface area contributed by atoms with Crippen LogP contribution in [0.25, 0.3) is 0 Å². The summed E-state index contributed by atoms with van der Waals surface area (Å²) in [6, 6.07) is 1.69. The molecule has 0 aliphatic carbocycles. The van der Waals surface area contributed by atoms with Crippen LogP contribution < -0.4 is 9.47 Å². The lowest BCUT2D eigenvalue weighted by Gasteiger charge is -2.15. The Morgan fingerprint density at radius 2 is 1.94 bits per heavy atom. The van der Waals surface area contributed by atoms with Gasteiger partial charge in [0.05, 0.1) is 17.7 Å². The molecule has 3 nitrogen and oxygen atoms in total. The normalized spacial score (nSPS) is 10.2. The summed E-state index contributed by atoms with van der Waals surface area (Å²) >= 11 is 6.81. The topological polar surface area (TPSA) is 35.5 Å². The highest BCUT2D eigenvalue weighted by Gasteiger charge is 2.17. The van der Waals surface area contributed by atoms with E-state index >= 15 is 0 Å². The molecule has 1 rings (SSSR count). The van der Waals surface area contributed by atoms with Crippen molar-refractivity contribution in [1.29, 1.82) is 0 Å². The van der Waals surface area contributed by atoms with Crippen LogP contribution in [-0.2, 0) is 0 Å². The molecule has 5 heteroatoms. The number of carbonyl (C=O) groups is 1. The second-order valence-corrected chi connectivity index (χ2v) is 5.26. The lowest BCUT2D eigenvalue weighted by atomic mass is 10.2. The Kier molecular flexibility index (Phi) is 6.71. The quantitative estimate of drug-likeness (QED) is 0.512. The van der Waals surface area contributed by atoms with Crippen LogP contribution in [0.4, 0.5) is 0 Å². The first-order valence-electron chi connectivity index (χ1n) is 5.88. The number of unbranched alkanes of at least 4 members (excludes halogenated alkanes) is 1. The second-order valence-electron chi connectivity index (χ2n) is 3.67. The maximum atomic E-state index is 11.0. The number of aldehydes is 1. The van der Waals surface area contributed by atoms with Gasteiger partial charge in [0.25, 0.3) is 0 Å². The van der Waals surface area contributed by atoms with Crippen molar-refractivity contribution in [3.63, 3.8) is 0 Å². The SMILES string of the molecule is CCCCOc1c(OCC)cc(C=O)c(Br)c1Br. The summed E-state index contributed by atoms with van der Waals surface area (Å²) < 4.78 is 12.6. The molecule has 18 heavy (non-hydrogen) atoms. The Hall–Kier alpha value is -0.550. The van der Waals surface area contributed by atoms with Crippen LogP contribution in [0.15, 0.2) is 15.0 Å². The zero-order chi connectivity index (χ0) is 13.5. The Morgan fingerprint density at radius 1 is 1.22 bits per heavy atom. The Bertz CT molecular complexity index is 419. The molecule has 0 N–H and O–H groups in total. The molecule has 0 saturated carbocycles. The fourth-order valence-corrected chi connectivity index (χ4v) is 2.33. The summed E-state index contributed by atoms with van der Waals surface area (Å²) in [5, 5.41) is 0. The van der Waals surface area contributed by atoms with Gasteiger partial charge in [-0.1, -0.05) is 13.3 Å². The molecule has 1 aromatic carbocycles. The number of carbonyl (C=O) groups excluding carboxylic acids is 1. The van der Waals surface area contributed by atoms with E-state index in [-0.39, 0.29) is 0 Å². The van der Waals surface area contributed by atoms with Crippen LogP contribution in [0.2, 0.25) is 0 Å². The summed E-state index contributed by atoms with van der Waals surface area (Å²) in [5.74, 6) is 1.23. The molecule has 0 aromatic heterocycles. The molecule has 0 heterocycles. The number of rotatable bonds is 7. The zero-order valence-electron chi connectivity index (χ0n) is 10.5. The fourth-order valence-electron chi connectivity index (χ4n) is 1.41. The van der Waals surface area contributed by atoms with E-state index < -0.39 is 0 Å². The van der Waals surface area contributed by atoms with Gasteiger partial charge in [-0.2, -0.15) is 0 Å². The fraction of sp³-hybridized carbons (Fsp3) is 0.462. The van der Waals surface area contributed by atoms with Crippen molar-refractivity contribution in [2.75, 3.05) is 13.2 Å². The molecule has 100 valence electrons. The lowest BCUT2D eigenvalue weighted by molar-refractivity contribution is 0.112. The van der Waals surface area contributed by atoms with Crippen LogP contribution in [-0.4, -0.2) is 19.5 Å². The van der Waals surface area contributed by atoms with E-state index in [9.17, 15) is 4.79 Å². The largest absolute Gasteiger partial charge is 0.490 e. The van der Waals surface area contributed by atoms with Crippen molar-refractivity contribution in [2.24, 2.45) is 0 Å². The highest BCUT2D eigenvalue weighted by molar-refractivity contribution is 9.13. The molecule has 0 spiro atoms. The van der Waals surface area contributed by atoms with Gasteiger partial charge < -0.3 is 9.47 Å². The first-order chi connectivity index (χ1) is 8.65. The first kappa shape index (κ1) is 15.5. The van der Waals surface area contributed by atoms with Crippen molar-refractivity contribution in [3.05, 3.63) is 20.6 Å². The number of halogens is 2. The van der Waals surface area contributed by atoms with Crippen LogP contribution in [0.1, 0.15) is 37.0 Å². The van der Waals surface area contributed by atoms with Crippen LogP contribution >= 0.6 is 31.9 Å². The molecular weight excluding hydrogens is 364 g/mol. The van der Waals surface area contributed by atoms with Gasteiger partial charge >= 0.3 is 0 Å². The van der Waals surface area contributed by atoms with E-state index in [4.69, 9.17) is 9.47 Å². The Balaban J connectivity index is 3.11. The molecule has 1 aromatic rings. The van der Waals surface area contributed by atoms with E-state index in [1.807, 2.05) is 6.92 Å². The molecule has 0 atom stereocenters. The molecule has 0 radical (unpaired) electrons. The predicted molar refractivity (Wildman–Crippen MR) is 78.8 cm³/mol. The van der Waals surface area contributed by atoms with Gasteiger partial charge in [-0.15, -0.1) is 0 Å². The summed E-state index contributed by atoms with van der Waals surface area (Å²) in [5.41, 5.74) is 0.535. The van der Waals surface area contributed by atoms with Crippen LogP contribution in [0.5, 0.6) is 11.5 Å². The smallest absolute Gasteiger partial charge is 0.176 e. The van der Waals surface area contributed by atoms with Crippen molar-refractivity contribution in [2.45, 2.75) is 26.7 Å². The molecule has 0 amide bonds. The van der Waals surface area contributed by atoms with Gasteiger partial charge in [0, 0.05) is 10.0 Å². The molecule has 0 fully saturated rings. The van der Waals surface area contributed by atoms with Gasteiger partial charge in [-0.05, 0) is 51.3 Å². The summed E-state index contributed by atoms with van der Waals surface area (Å²) in [6.45, 7) is 5.15. The minimum Gasteiger partial charge on any atom is -0.490 e.